The molecule has 25 heavy (non-hydrogen) atoms. The number of rotatable bonds is 6. The number of hydrogen-bond donors (Lipinski definition) is 2. The summed E-state index contributed by atoms with van der Waals surface area (Å²) in [5.74, 6) is -0.424. The molecule has 0 aromatic heterocycles. The summed E-state index contributed by atoms with van der Waals surface area (Å²) in [6.45, 7) is 7.21. The van der Waals surface area contributed by atoms with E-state index in [1.54, 1.807) is 0 Å². The molecular formula is C18H22N4O3. The molecule has 0 aliphatic heterocycles. The van der Waals surface area contributed by atoms with Gasteiger partial charge in [0.25, 0.3) is 11.6 Å². The van der Waals surface area contributed by atoms with E-state index in [2.05, 4.69) is 31.0 Å². The largest absolute Gasteiger partial charge is 0.393 e. The van der Waals surface area contributed by atoms with Crippen molar-refractivity contribution < 1.29 is 9.72 Å². The van der Waals surface area contributed by atoms with Crippen LogP contribution >= 0.6 is 0 Å². The van der Waals surface area contributed by atoms with Gasteiger partial charge in [0, 0.05) is 35.6 Å². The molecule has 0 aliphatic carbocycles. The number of amides is 1. The number of nitrogens with zero attached hydrogens (tertiary/aromatic N) is 2. The Labute approximate surface area is 146 Å². The Morgan fingerprint density at radius 3 is 2.40 bits per heavy atom. The number of nitrogens with one attached hydrogen (secondary N) is 1. The van der Waals surface area contributed by atoms with Crippen molar-refractivity contribution in [1.29, 1.82) is 0 Å². The van der Waals surface area contributed by atoms with Crippen LogP contribution in [0.2, 0.25) is 0 Å². The molecule has 132 valence electrons. The van der Waals surface area contributed by atoms with E-state index in [1.165, 1.54) is 18.2 Å². The number of benzene rings is 2. The summed E-state index contributed by atoms with van der Waals surface area (Å²) in [7, 11) is 0. The third-order valence-electron chi connectivity index (χ3n) is 3.91. The van der Waals surface area contributed by atoms with E-state index in [1.807, 2.05) is 24.3 Å². The summed E-state index contributed by atoms with van der Waals surface area (Å²) in [6, 6.07) is 11.9. The minimum absolute atomic E-state index is 0.0271. The maximum absolute atomic E-state index is 12.3. The lowest BCUT2D eigenvalue weighted by Gasteiger charge is -2.27. The average molecular weight is 342 g/mol. The average Bonchev–Trinajstić information content (AvgIpc) is 2.56. The van der Waals surface area contributed by atoms with Crippen molar-refractivity contribution >= 4 is 28.7 Å². The molecule has 0 saturated heterocycles. The van der Waals surface area contributed by atoms with E-state index in [-0.39, 0.29) is 16.9 Å². The highest BCUT2D eigenvalue weighted by atomic mass is 16.6. The normalized spacial score (nSPS) is 10.6. The number of carbonyl (C=O) groups excluding carboxylic acids is 1. The van der Waals surface area contributed by atoms with Gasteiger partial charge in [0.05, 0.1) is 4.92 Å². The predicted octanol–water partition coefficient (Wildman–Crippen LogP) is 3.66. The predicted molar refractivity (Wildman–Crippen MR) is 100 cm³/mol. The molecule has 0 radical (unpaired) electrons. The second kappa shape index (κ2) is 7.65. The summed E-state index contributed by atoms with van der Waals surface area (Å²) >= 11 is 0. The second-order valence-corrected chi connectivity index (χ2v) is 5.91. The molecule has 7 heteroatoms. The van der Waals surface area contributed by atoms with Crippen molar-refractivity contribution in [3.8, 4) is 0 Å². The van der Waals surface area contributed by atoms with Crippen LogP contribution in [0.3, 0.4) is 0 Å². The van der Waals surface area contributed by atoms with Gasteiger partial charge in [-0.1, -0.05) is 0 Å². The first kappa shape index (κ1) is 18.3. The zero-order valence-electron chi connectivity index (χ0n) is 14.5. The van der Waals surface area contributed by atoms with Gasteiger partial charge in [0.1, 0.15) is 5.69 Å². The van der Waals surface area contributed by atoms with Gasteiger partial charge in [-0.3, -0.25) is 14.9 Å². The van der Waals surface area contributed by atoms with Crippen molar-refractivity contribution in [3.05, 3.63) is 58.1 Å². The fourth-order valence-corrected chi connectivity index (χ4v) is 2.63. The zero-order valence-corrected chi connectivity index (χ0v) is 14.5. The monoisotopic (exact) mass is 342 g/mol. The quantitative estimate of drug-likeness (QED) is 0.474. The molecule has 2 aromatic carbocycles. The van der Waals surface area contributed by atoms with Gasteiger partial charge in [-0.2, -0.15) is 0 Å². The van der Waals surface area contributed by atoms with Crippen LogP contribution in [0, 0.1) is 10.1 Å². The van der Waals surface area contributed by atoms with Gasteiger partial charge in [0.15, 0.2) is 0 Å². The first-order valence-electron chi connectivity index (χ1n) is 8.05. The number of hydrogen-bond acceptors (Lipinski definition) is 5. The Morgan fingerprint density at radius 1 is 1.24 bits per heavy atom. The van der Waals surface area contributed by atoms with E-state index in [4.69, 9.17) is 5.73 Å². The van der Waals surface area contributed by atoms with Gasteiger partial charge in [0.2, 0.25) is 0 Å². The van der Waals surface area contributed by atoms with Crippen LogP contribution < -0.4 is 16.0 Å². The molecule has 0 aliphatic rings. The Morgan fingerprint density at radius 2 is 1.88 bits per heavy atom. The lowest BCUT2D eigenvalue weighted by molar-refractivity contribution is -0.383. The Bertz CT molecular complexity index is 772. The maximum atomic E-state index is 12.3. The molecule has 0 atom stereocenters. The zero-order chi connectivity index (χ0) is 18.6. The number of nitro benzene ring substituents is 1. The molecule has 3 N–H and O–H groups in total. The molecule has 0 spiro atoms. The van der Waals surface area contributed by atoms with E-state index in [0.29, 0.717) is 11.7 Å². The number of carbonyl (C=O) groups is 1. The third kappa shape index (κ3) is 4.26. The van der Waals surface area contributed by atoms with Gasteiger partial charge in [-0.15, -0.1) is 0 Å². The minimum atomic E-state index is -0.605. The van der Waals surface area contributed by atoms with Gasteiger partial charge in [-0.25, -0.2) is 0 Å². The SMILES string of the molecule is CCN(c1ccc(NC(=O)c2ccc(N)c([N+](=O)[O-])c2)cc1)C(C)C. The molecule has 0 fully saturated rings. The van der Waals surface area contributed by atoms with Crippen LogP contribution in [0.15, 0.2) is 42.5 Å². The van der Waals surface area contributed by atoms with Gasteiger partial charge in [-0.05, 0) is 57.2 Å². The highest BCUT2D eigenvalue weighted by Gasteiger charge is 2.16. The molecule has 2 aromatic rings. The number of nitrogens with two attached hydrogens (primary N) is 1. The standard InChI is InChI=1S/C18H22N4O3/c1-4-21(12(2)3)15-8-6-14(7-9-15)20-18(23)13-5-10-16(19)17(11-13)22(24)25/h5-12H,4,19H2,1-3H3,(H,20,23). The van der Waals surface area contributed by atoms with Crippen LogP contribution in [0.5, 0.6) is 0 Å². The first-order chi connectivity index (χ1) is 11.8. The second-order valence-electron chi connectivity index (χ2n) is 5.91. The van der Waals surface area contributed by atoms with Crippen LogP contribution in [-0.4, -0.2) is 23.4 Å². The molecular weight excluding hydrogens is 320 g/mol. The van der Waals surface area contributed by atoms with Crippen LogP contribution in [0.25, 0.3) is 0 Å². The maximum Gasteiger partial charge on any atom is 0.292 e. The highest BCUT2D eigenvalue weighted by molar-refractivity contribution is 6.05. The van der Waals surface area contributed by atoms with Crippen molar-refractivity contribution in [1.82, 2.24) is 0 Å². The lowest BCUT2D eigenvalue weighted by Crippen LogP contribution is -2.30. The Hall–Kier alpha value is -3.09. The molecule has 0 bridgehead atoms. The summed E-state index contributed by atoms with van der Waals surface area (Å²) < 4.78 is 0. The topological polar surface area (TPSA) is 102 Å². The molecule has 1 amide bonds. The minimum Gasteiger partial charge on any atom is -0.393 e. The molecule has 0 saturated carbocycles. The Balaban J connectivity index is 2.16. The summed E-state index contributed by atoms with van der Waals surface area (Å²) in [6.07, 6.45) is 0. The van der Waals surface area contributed by atoms with E-state index in [9.17, 15) is 14.9 Å². The van der Waals surface area contributed by atoms with Crippen LogP contribution in [0.4, 0.5) is 22.7 Å². The first-order valence-corrected chi connectivity index (χ1v) is 8.05. The number of anilines is 3. The van der Waals surface area contributed by atoms with Crippen LogP contribution in [0.1, 0.15) is 31.1 Å². The van der Waals surface area contributed by atoms with Gasteiger partial charge >= 0.3 is 0 Å². The summed E-state index contributed by atoms with van der Waals surface area (Å²) in [4.78, 5) is 24.9. The fraction of sp³-hybridized carbons (Fsp3) is 0.278. The lowest BCUT2D eigenvalue weighted by atomic mass is 10.1. The van der Waals surface area contributed by atoms with Crippen molar-refractivity contribution in [2.24, 2.45) is 0 Å². The smallest absolute Gasteiger partial charge is 0.292 e. The van der Waals surface area contributed by atoms with Crippen LogP contribution in [-0.2, 0) is 0 Å². The molecule has 0 heterocycles. The summed E-state index contributed by atoms with van der Waals surface area (Å²) in [5.41, 5.74) is 7.16. The highest BCUT2D eigenvalue weighted by Crippen LogP contribution is 2.24. The van der Waals surface area contributed by atoms with E-state index < -0.39 is 10.8 Å². The number of nitrogen functional groups attached to an aromatic ring is 1. The molecule has 7 nitrogen and oxygen atoms in total. The fourth-order valence-electron chi connectivity index (χ4n) is 2.63. The van der Waals surface area contributed by atoms with Crippen molar-refractivity contribution in [2.45, 2.75) is 26.8 Å². The van der Waals surface area contributed by atoms with E-state index >= 15 is 0 Å². The van der Waals surface area contributed by atoms with E-state index in [0.717, 1.165) is 12.2 Å². The number of nitro groups is 1. The molecule has 0 unspecified atom stereocenters. The Kier molecular flexibility index (Phi) is 5.59. The van der Waals surface area contributed by atoms with Crippen molar-refractivity contribution in [2.75, 3.05) is 22.5 Å². The summed E-state index contributed by atoms with van der Waals surface area (Å²) in [5, 5.41) is 13.7. The third-order valence-corrected chi connectivity index (χ3v) is 3.91. The van der Waals surface area contributed by atoms with Gasteiger partial charge < -0.3 is 16.0 Å². The molecule has 2 rings (SSSR count). The van der Waals surface area contributed by atoms with Crippen molar-refractivity contribution in [3.63, 3.8) is 0 Å².